The fraction of sp³-hybridized carbons (Fsp3) is 0.818. The smallest absolute Gasteiger partial charge is 0.169 e. The molecule has 0 N–H and O–H groups in total. The van der Waals surface area contributed by atoms with Crippen molar-refractivity contribution in [3.63, 3.8) is 0 Å². The summed E-state index contributed by atoms with van der Waals surface area (Å²) in [5.41, 5.74) is -0.253. The summed E-state index contributed by atoms with van der Waals surface area (Å²) < 4.78 is 11.8. The van der Waals surface area contributed by atoms with E-state index in [1.165, 1.54) is 19.3 Å². The maximum absolute atomic E-state index is 5.99. The topological polar surface area (TPSA) is 18.5 Å². The largest absolute Gasteiger partial charge is 0.347 e. The lowest BCUT2D eigenvalue weighted by Gasteiger charge is -2.33. The minimum Gasteiger partial charge on any atom is -0.347 e. The second kappa shape index (κ2) is 3.10. The summed E-state index contributed by atoms with van der Waals surface area (Å²) in [5.74, 6) is -0.263. The molecule has 1 aliphatic carbocycles. The first-order valence-electron chi connectivity index (χ1n) is 5.16. The highest BCUT2D eigenvalue weighted by molar-refractivity contribution is 5.00. The second-order valence-electron chi connectivity index (χ2n) is 4.38. The molecule has 13 heavy (non-hydrogen) atoms. The van der Waals surface area contributed by atoms with E-state index in [-0.39, 0.29) is 11.4 Å². The van der Waals surface area contributed by atoms with Crippen LogP contribution in [0.2, 0.25) is 0 Å². The molecule has 2 rings (SSSR count). The highest BCUT2D eigenvalue weighted by atomic mass is 16.8. The first-order chi connectivity index (χ1) is 6.18. The van der Waals surface area contributed by atoms with Gasteiger partial charge < -0.3 is 9.47 Å². The zero-order valence-electron chi connectivity index (χ0n) is 8.34. The zero-order chi connectivity index (χ0) is 9.36. The van der Waals surface area contributed by atoms with Crippen LogP contribution >= 0.6 is 0 Å². The summed E-state index contributed by atoms with van der Waals surface area (Å²) in [6.07, 6.45) is 7.74. The van der Waals surface area contributed by atoms with Crippen LogP contribution in [0.4, 0.5) is 0 Å². The molecule has 74 valence electrons. The van der Waals surface area contributed by atoms with Crippen LogP contribution in [0, 0.1) is 0 Å². The van der Waals surface area contributed by atoms with E-state index < -0.39 is 0 Å². The Kier molecular flexibility index (Phi) is 2.20. The van der Waals surface area contributed by atoms with Crippen LogP contribution < -0.4 is 0 Å². The van der Waals surface area contributed by atoms with Gasteiger partial charge in [0, 0.05) is 12.8 Å². The normalized spacial score (nSPS) is 37.9. The molecule has 1 saturated carbocycles. The second-order valence-corrected chi connectivity index (χ2v) is 4.38. The number of hydrogen-bond acceptors (Lipinski definition) is 2. The van der Waals surface area contributed by atoms with Crippen molar-refractivity contribution in [2.24, 2.45) is 0 Å². The molecule has 2 fully saturated rings. The van der Waals surface area contributed by atoms with Crippen LogP contribution in [0.5, 0.6) is 0 Å². The molecule has 0 aromatic heterocycles. The van der Waals surface area contributed by atoms with Gasteiger partial charge in [-0.25, -0.2) is 0 Å². The molecule has 1 spiro atoms. The van der Waals surface area contributed by atoms with Crippen molar-refractivity contribution in [2.45, 2.75) is 50.4 Å². The fourth-order valence-electron chi connectivity index (χ4n) is 2.20. The molecule has 2 heteroatoms. The Morgan fingerprint density at radius 1 is 1.23 bits per heavy atom. The Bertz CT molecular complexity index is 206. The van der Waals surface area contributed by atoms with Gasteiger partial charge in [0.1, 0.15) is 5.60 Å². The number of hydrogen-bond donors (Lipinski definition) is 0. The number of rotatable bonds is 1. The zero-order valence-corrected chi connectivity index (χ0v) is 8.34. The van der Waals surface area contributed by atoms with E-state index in [1.807, 2.05) is 13.0 Å². The van der Waals surface area contributed by atoms with Gasteiger partial charge in [0.15, 0.2) is 5.79 Å². The molecular weight excluding hydrogens is 164 g/mol. The molecule has 0 radical (unpaired) electrons. The first kappa shape index (κ1) is 9.22. The molecule has 2 aliphatic rings. The summed E-state index contributed by atoms with van der Waals surface area (Å²) in [6, 6.07) is 0. The maximum Gasteiger partial charge on any atom is 0.169 e. The van der Waals surface area contributed by atoms with Gasteiger partial charge in [-0.3, -0.25) is 0 Å². The van der Waals surface area contributed by atoms with Crippen molar-refractivity contribution in [1.29, 1.82) is 0 Å². The average Bonchev–Trinajstić information content (AvgIpc) is 2.47. The van der Waals surface area contributed by atoms with E-state index in [9.17, 15) is 0 Å². The molecule has 2 nitrogen and oxygen atoms in total. The van der Waals surface area contributed by atoms with E-state index >= 15 is 0 Å². The van der Waals surface area contributed by atoms with E-state index in [2.05, 4.69) is 6.58 Å². The third-order valence-electron chi connectivity index (χ3n) is 3.09. The average molecular weight is 182 g/mol. The summed E-state index contributed by atoms with van der Waals surface area (Å²) >= 11 is 0. The standard InChI is InChI=1S/C11H18O2/c1-3-10(2)9-12-11(13-10)7-5-4-6-8-11/h3H,1,4-9H2,2H3/t10-/m0/s1. The lowest BCUT2D eigenvalue weighted by molar-refractivity contribution is -0.195. The first-order valence-corrected chi connectivity index (χ1v) is 5.16. The van der Waals surface area contributed by atoms with Gasteiger partial charge in [-0.05, 0) is 19.8 Å². The minimum absolute atomic E-state index is 0.253. The highest BCUT2D eigenvalue weighted by Gasteiger charge is 2.46. The van der Waals surface area contributed by atoms with Gasteiger partial charge in [-0.2, -0.15) is 0 Å². The Labute approximate surface area is 79.9 Å². The Morgan fingerprint density at radius 2 is 1.92 bits per heavy atom. The molecule has 0 aromatic carbocycles. The quantitative estimate of drug-likeness (QED) is 0.580. The molecular formula is C11H18O2. The van der Waals surface area contributed by atoms with Gasteiger partial charge in [0.05, 0.1) is 6.61 Å². The van der Waals surface area contributed by atoms with Gasteiger partial charge in [0.2, 0.25) is 0 Å². The summed E-state index contributed by atoms with van der Waals surface area (Å²) in [6.45, 7) is 6.50. The molecule has 1 aliphatic heterocycles. The Hall–Kier alpha value is -0.340. The summed E-state index contributed by atoms with van der Waals surface area (Å²) in [7, 11) is 0. The fourth-order valence-corrected chi connectivity index (χ4v) is 2.20. The maximum atomic E-state index is 5.99. The molecule has 0 unspecified atom stereocenters. The summed E-state index contributed by atoms with van der Waals surface area (Å²) in [4.78, 5) is 0. The van der Waals surface area contributed by atoms with Gasteiger partial charge >= 0.3 is 0 Å². The van der Waals surface area contributed by atoms with Crippen LogP contribution in [0.1, 0.15) is 39.0 Å². The van der Waals surface area contributed by atoms with Crippen molar-refractivity contribution in [3.8, 4) is 0 Å². The van der Waals surface area contributed by atoms with Crippen molar-refractivity contribution < 1.29 is 9.47 Å². The van der Waals surface area contributed by atoms with Gasteiger partial charge in [-0.15, -0.1) is 6.58 Å². The van der Waals surface area contributed by atoms with Crippen LogP contribution in [0.3, 0.4) is 0 Å². The molecule has 0 amide bonds. The summed E-state index contributed by atoms with van der Waals surface area (Å²) in [5, 5.41) is 0. The lowest BCUT2D eigenvalue weighted by Crippen LogP contribution is -2.35. The Balaban J connectivity index is 2.06. The lowest BCUT2D eigenvalue weighted by atomic mass is 9.94. The predicted molar refractivity (Wildman–Crippen MR) is 51.5 cm³/mol. The molecule has 0 bridgehead atoms. The van der Waals surface area contributed by atoms with Crippen molar-refractivity contribution >= 4 is 0 Å². The van der Waals surface area contributed by atoms with E-state index in [0.717, 1.165) is 12.8 Å². The van der Waals surface area contributed by atoms with Crippen molar-refractivity contribution in [2.75, 3.05) is 6.61 Å². The molecule has 1 atom stereocenters. The van der Waals surface area contributed by atoms with Crippen LogP contribution in [-0.2, 0) is 9.47 Å². The van der Waals surface area contributed by atoms with Crippen LogP contribution in [-0.4, -0.2) is 18.0 Å². The van der Waals surface area contributed by atoms with E-state index in [1.54, 1.807) is 0 Å². The van der Waals surface area contributed by atoms with Crippen molar-refractivity contribution in [1.82, 2.24) is 0 Å². The molecule has 0 aromatic rings. The monoisotopic (exact) mass is 182 g/mol. The predicted octanol–water partition coefficient (Wildman–Crippen LogP) is 2.64. The van der Waals surface area contributed by atoms with Gasteiger partial charge in [0.25, 0.3) is 0 Å². The van der Waals surface area contributed by atoms with Crippen LogP contribution in [0.25, 0.3) is 0 Å². The van der Waals surface area contributed by atoms with Gasteiger partial charge in [-0.1, -0.05) is 12.5 Å². The Morgan fingerprint density at radius 3 is 2.46 bits per heavy atom. The SMILES string of the molecule is C=C[C@@]1(C)COC2(CCCCC2)O1. The molecule has 1 saturated heterocycles. The highest BCUT2D eigenvalue weighted by Crippen LogP contribution is 2.41. The van der Waals surface area contributed by atoms with Crippen molar-refractivity contribution in [3.05, 3.63) is 12.7 Å². The molecule has 1 heterocycles. The minimum atomic E-state index is -0.263. The third-order valence-corrected chi connectivity index (χ3v) is 3.09. The third kappa shape index (κ3) is 1.65. The van der Waals surface area contributed by atoms with Crippen LogP contribution in [0.15, 0.2) is 12.7 Å². The van der Waals surface area contributed by atoms with E-state index in [0.29, 0.717) is 6.61 Å². The number of ether oxygens (including phenoxy) is 2. The van der Waals surface area contributed by atoms with E-state index in [4.69, 9.17) is 9.47 Å².